The zero-order valence-electron chi connectivity index (χ0n) is 9.26. The molecule has 1 aliphatic rings. The summed E-state index contributed by atoms with van der Waals surface area (Å²) in [6.45, 7) is 2.83. The minimum Gasteiger partial charge on any atom is -0.322 e. The molecule has 0 spiro atoms. The van der Waals surface area contributed by atoms with E-state index in [1.54, 1.807) is 0 Å². The molecule has 0 aliphatic heterocycles. The third-order valence-electron chi connectivity index (χ3n) is 3.19. The molecule has 5 nitrogen and oxygen atoms in total. The van der Waals surface area contributed by atoms with Gasteiger partial charge in [-0.1, -0.05) is 25.7 Å². The Hall–Kier alpha value is -0.970. The molecule has 1 aromatic rings. The lowest BCUT2D eigenvalue weighted by Crippen LogP contribution is -2.15. The zero-order chi connectivity index (χ0) is 10.7. The summed E-state index contributed by atoms with van der Waals surface area (Å²) in [7, 11) is 0. The molecule has 1 aliphatic carbocycles. The molecule has 1 aromatic heterocycles. The molecule has 0 bridgehead atoms. The standard InChI is InChI=1S/C10H19N5/c1-8(11)10-12-13-14-15(10)7-6-9-4-2-3-5-9/h8-9H,2-7,11H2,1H3. The van der Waals surface area contributed by atoms with Crippen molar-refractivity contribution in [3.63, 3.8) is 0 Å². The number of tetrazole rings is 1. The molecule has 1 unspecified atom stereocenters. The molecular formula is C10H19N5. The molecule has 1 heterocycles. The summed E-state index contributed by atoms with van der Waals surface area (Å²) in [5.74, 6) is 1.67. The summed E-state index contributed by atoms with van der Waals surface area (Å²) in [6.07, 6.45) is 6.71. The average molecular weight is 209 g/mol. The second-order valence-electron chi connectivity index (χ2n) is 4.49. The lowest BCUT2D eigenvalue weighted by atomic mass is 10.0. The maximum atomic E-state index is 5.78. The largest absolute Gasteiger partial charge is 0.322 e. The molecule has 15 heavy (non-hydrogen) atoms. The third-order valence-corrected chi connectivity index (χ3v) is 3.19. The fourth-order valence-corrected chi connectivity index (χ4v) is 2.30. The number of aryl methyl sites for hydroxylation is 1. The normalized spacial score (nSPS) is 19.6. The molecule has 0 radical (unpaired) electrons. The van der Waals surface area contributed by atoms with Crippen LogP contribution in [0, 0.1) is 5.92 Å². The third kappa shape index (κ3) is 2.53. The van der Waals surface area contributed by atoms with Gasteiger partial charge >= 0.3 is 0 Å². The highest BCUT2D eigenvalue weighted by atomic mass is 15.5. The fourth-order valence-electron chi connectivity index (χ4n) is 2.30. The van der Waals surface area contributed by atoms with Crippen molar-refractivity contribution < 1.29 is 0 Å². The van der Waals surface area contributed by atoms with Crippen molar-refractivity contribution in [3.05, 3.63) is 5.82 Å². The Bertz CT molecular complexity index is 301. The summed E-state index contributed by atoms with van der Waals surface area (Å²) in [4.78, 5) is 0. The Balaban J connectivity index is 1.89. The van der Waals surface area contributed by atoms with E-state index in [4.69, 9.17) is 5.73 Å². The average Bonchev–Trinajstić information content (AvgIpc) is 2.86. The van der Waals surface area contributed by atoms with Gasteiger partial charge in [0.05, 0.1) is 6.04 Å². The minimum atomic E-state index is -0.0800. The van der Waals surface area contributed by atoms with Crippen molar-refractivity contribution >= 4 is 0 Å². The van der Waals surface area contributed by atoms with Crippen LogP contribution in [0.2, 0.25) is 0 Å². The first kappa shape index (κ1) is 10.5. The summed E-state index contributed by atoms with van der Waals surface area (Å²) in [5, 5.41) is 11.6. The van der Waals surface area contributed by atoms with Gasteiger partial charge in [-0.25, -0.2) is 4.68 Å². The highest BCUT2D eigenvalue weighted by Gasteiger charge is 2.16. The van der Waals surface area contributed by atoms with Gasteiger partial charge in [0.15, 0.2) is 5.82 Å². The van der Waals surface area contributed by atoms with Gasteiger partial charge in [-0.3, -0.25) is 0 Å². The van der Waals surface area contributed by atoms with Crippen molar-refractivity contribution in [1.29, 1.82) is 0 Å². The number of hydrogen-bond acceptors (Lipinski definition) is 4. The van der Waals surface area contributed by atoms with Crippen molar-refractivity contribution in [2.75, 3.05) is 0 Å². The maximum Gasteiger partial charge on any atom is 0.167 e. The number of rotatable bonds is 4. The van der Waals surface area contributed by atoms with Gasteiger partial charge in [0.25, 0.3) is 0 Å². The molecule has 2 rings (SSSR count). The molecule has 1 fully saturated rings. The van der Waals surface area contributed by atoms with E-state index < -0.39 is 0 Å². The van der Waals surface area contributed by atoms with Gasteiger partial charge in [-0.05, 0) is 29.7 Å². The van der Waals surface area contributed by atoms with Crippen molar-refractivity contribution in [2.45, 2.75) is 51.6 Å². The molecule has 84 valence electrons. The van der Waals surface area contributed by atoms with E-state index in [9.17, 15) is 0 Å². The van der Waals surface area contributed by atoms with Gasteiger partial charge in [-0.15, -0.1) is 5.10 Å². The predicted molar refractivity (Wildman–Crippen MR) is 57.0 cm³/mol. The van der Waals surface area contributed by atoms with E-state index in [1.807, 2.05) is 11.6 Å². The molecule has 0 amide bonds. The van der Waals surface area contributed by atoms with Crippen molar-refractivity contribution in [1.82, 2.24) is 20.2 Å². The van der Waals surface area contributed by atoms with Gasteiger partial charge in [0.2, 0.25) is 0 Å². The molecule has 2 N–H and O–H groups in total. The Labute approximate surface area is 90.0 Å². The Morgan fingerprint density at radius 1 is 1.47 bits per heavy atom. The zero-order valence-corrected chi connectivity index (χ0v) is 9.26. The van der Waals surface area contributed by atoms with Gasteiger partial charge < -0.3 is 5.73 Å². The van der Waals surface area contributed by atoms with Crippen LogP contribution in [0.3, 0.4) is 0 Å². The quantitative estimate of drug-likeness (QED) is 0.810. The van der Waals surface area contributed by atoms with Crippen LogP contribution in [-0.2, 0) is 6.54 Å². The summed E-state index contributed by atoms with van der Waals surface area (Å²) in [5.41, 5.74) is 5.78. The number of nitrogens with zero attached hydrogens (tertiary/aromatic N) is 4. The van der Waals surface area contributed by atoms with E-state index >= 15 is 0 Å². The summed E-state index contributed by atoms with van der Waals surface area (Å²) >= 11 is 0. The Kier molecular flexibility index (Phi) is 3.30. The molecule has 5 heteroatoms. The highest BCUT2D eigenvalue weighted by molar-refractivity contribution is 4.87. The monoisotopic (exact) mass is 209 g/mol. The van der Waals surface area contributed by atoms with Gasteiger partial charge in [0.1, 0.15) is 0 Å². The molecule has 1 saturated carbocycles. The van der Waals surface area contributed by atoms with E-state index in [2.05, 4.69) is 15.5 Å². The fraction of sp³-hybridized carbons (Fsp3) is 0.900. The number of nitrogens with two attached hydrogens (primary N) is 1. The maximum absolute atomic E-state index is 5.78. The SMILES string of the molecule is CC(N)c1nnnn1CCC1CCCC1. The molecule has 1 atom stereocenters. The number of aromatic nitrogens is 4. The van der Waals surface area contributed by atoms with Crippen LogP contribution in [0.25, 0.3) is 0 Å². The molecule has 0 saturated heterocycles. The molecule has 0 aromatic carbocycles. The lowest BCUT2D eigenvalue weighted by molar-refractivity contribution is 0.422. The van der Waals surface area contributed by atoms with Crippen LogP contribution in [0.4, 0.5) is 0 Å². The topological polar surface area (TPSA) is 69.6 Å². The van der Waals surface area contributed by atoms with E-state index in [0.717, 1.165) is 18.3 Å². The van der Waals surface area contributed by atoms with Crippen molar-refractivity contribution in [3.8, 4) is 0 Å². The van der Waals surface area contributed by atoms with Gasteiger partial charge in [-0.2, -0.15) is 0 Å². The minimum absolute atomic E-state index is 0.0800. The van der Waals surface area contributed by atoms with Crippen LogP contribution in [0.5, 0.6) is 0 Å². The van der Waals surface area contributed by atoms with Crippen LogP contribution in [-0.4, -0.2) is 20.2 Å². The van der Waals surface area contributed by atoms with Crippen LogP contribution < -0.4 is 5.73 Å². The predicted octanol–water partition coefficient (Wildman–Crippen LogP) is 1.27. The van der Waals surface area contributed by atoms with Gasteiger partial charge in [0, 0.05) is 6.54 Å². The van der Waals surface area contributed by atoms with E-state index in [-0.39, 0.29) is 6.04 Å². The first-order valence-corrected chi connectivity index (χ1v) is 5.79. The second kappa shape index (κ2) is 4.70. The lowest BCUT2D eigenvalue weighted by Gasteiger charge is -2.10. The number of hydrogen-bond donors (Lipinski definition) is 1. The highest BCUT2D eigenvalue weighted by Crippen LogP contribution is 2.27. The van der Waals surface area contributed by atoms with E-state index in [1.165, 1.54) is 32.1 Å². The summed E-state index contributed by atoms with van der Waals surface area (Å²) in [6, 6.07) is -0.0800. The second-order valence-corrected chi connectivity index (χ2v) is 4.49. The summed E-state index contributed by atoms with van der Waals surface area (Å²) < 4.78 is 1.85. The van der Waals surface area contributed by atoms with Crippen LogP contribution >= 0.6 is 0 Å². The van der Waals surface area contributed by atoms with Crippen LogP contribution in [0.1, 0.15) is 50.9 Å². The first-order chi connectivity index (χ1) is 7.27. The molecular weight excluding hydrogens is 190 g/mol. The smallest absolute Gasteiger partial charge is 0.167 e. The Morgan fingerprint density at radius 2 is 2.20 bits per heavy atom. The Morgan fingerprint density at radius 3 is 2.87 bits per heavy atom. The first-order valence-electron chi connectivity index (χ1n) is 5.79. The van der Waals surface area contributed by atoms with Crippen molar-refractivity contribution in [2.24, 2.45) is 11.7 Å². The van der Waals surface area contributed by atoms with E-state index in [0.29, 0.717) is 0 Å². The van der Waals surface area contributed by atoms with Crippen LogP contribution in [0.15, 0.2) is 0 Å².